The summed E-state index contributed by atoms with van der Waals surface area (Å²) in [5, 5.41) is 3.90. The Hall–Kier alpha value is -2.66. The third-order valence-electron chi connectivity index (χ3n) is 4.05. The van der Waals surface area contributed by atoms with Crippen molar-refractivity contribution in [3.05, 3.63) is 64.4 Å². The van der Waals surface area contributed by atoms with E-state index in [1.807, 2.05) is 67.8 Å². The van der Waals surface area contributed by atoms with Crippen LogP contribution in [0.1, 0.15) is 22.2 Å². The Bertz CT molecular complexity index is 911. The van der Waals surface area contributed by atoms with Crippen molar-refractivity contribution < 1.29 is 14.3 Å². The minimum absolute atomic E-state index is 0.235. The Kier molecular flexibility index (Phi) is 5.14. The fraction of sp³-hybridized carbons (Fsp3) is 0.200. The summed E-state index contributed by atoms with van der Waals surface area (Å²) in [6.45, 7) is 3.99. The molecule has 5 heteroatoms. The number of carbonyl (C=O) groups excluding carboxylic acids is 2. The molecule has 1 heterocycles. The lowest BCUT2D eigenvalue weighted by Crippen LogP contribution is -2.34. The van der Waals surface area contributed by atoms with Gasteiger partial charge in [0, 0.05) is 11.9 Å². The molecule has 0 saturated heterocycles. The molecule has 1 aromatic heterocycles. The first-order valence-electron chi connectivity index (χ1n) is 8.11. The van der Waals surface area contributed by atoms with Gasteiger partial charge in [-0.25, -0.2) is 4.79 Å². The maximum absolute atomic E-state index is 12.6. The summed E-state index contributed by atoms with van der Waals surface area (Å²) in [5.74, 6) is -0.684. The zero-order chi connectivity index (χ0) is 17.8. The van der Waals surface area contributed by atoms with Gasteiger partial charge in [0.15, 0.2) is 6.61 Å². The number of aryl methyl sites for hydroxylation is 1. The van der Waals surface area contributed by atoms with Gasteiger partial charge < -0.3 is 9.64 Å². The van der Waals surface area contributed by atoms with Gasteiger partial charge in [-0.05, 0) is 42.3 Å². The zero-order valence-electron chi connectivity index (χ0n) is 14.2. The molecule has 0 aliphatic heterocycles. The van der Waals surface area contributed by atoms with E-state index in [0.717, 1.165) is 22.0 Å². The SMILES string of the molecule is CCN(C(=O)COC(=O)c1sccc1C)c1cccc2ccccc12. The number of esters is 1. The van der Waals surface area contributed by atoms with E-state index in [9.17, 15) is 9.59 Å². The van der Waals surface area contributed by atoms with E-state index in [0.29, 0.717) is 11.4 Å². The second kappa shape index (κ2) is 7.49. The zero-order valence-corrected chi connectivity index (χ0v) is 15.0. The topological polar surface area (TPSA) is 46.6 Å². The van der Waals surface area contributed by atoms with Gasteiger partial charge in [0.25, 0.3) is 5.91 Å². The van der Waals surface area contributed by atoms with Crippen LogP contribution in [0.3, 0.4) is 0 Å². The molecule has 0 unspecified atom stereocenters. The predicted molar refractivity (Wildman–Crippen MR) is 101 cm³/mol. The number of hydrogen-bond donors (Lipinski definition) is 0. The molecule has 0 aliphatic rings. The molecule has 0 radical (unpaired) electrons. The molecule has 128 valence electrons. The molecule has 0 aliphatic carbocycles. The van der Waals surface area contributed by atoms with Crippen molar-refractivity contribution in [1.82, 2.24) is 0 Å². The number of likely N-dealkylation sites (N-methyl/N-ethyl adjacent to an activating group) is 1. The van der Waals surface area contributed by atoms with Crippen LogP contribution in [0.4, 0.5) is 5.69 Å². The molecule has 3 rings (SSSR count). The van der Waals surface area contributed by atoms with Crippen molar-refractivity contribution in [2.45, 2.75) is 13.8 Å². The number of ether oxygens (including phenoxy) is 1. The molecule has 25 heavy (non-hydrogen) atoms. The van der Waals surface area contributed by atoms with Gasteiger partial charge in [-0.1, -0.05) is 36.4 Å². The number of anilines is 1. The van der Waals surface area contributed by atoms with E-state index in [4.69, 9.17) is 4.74 Å². The van der Waals surface area contributed by atoms with Crippen molar-refractivity contribution in [2.24, 2.45) is 0 Å². The molecule has 0 saturated carbocycles. The molecule has 0 fully saturated rings. The highest BCUT2D eigenvalue weighted by atomic mass is 32.1. The van der Waals surface area contributed by atoms with Gasteiger partial charge in [0.1, 0.15) is 4.88 Å². The van der Waals surface area contributed by atoms with Gasteiger partial charge in [0.05, 0.1) is 5.69 Å². The molecule has 1 amide bonds. The number of hydrogen-bond acceptors (Lipinski definition) is 4. The summed E-state index contributed by atoms with van der Waals surface area (Å²) in [4.78, 5) is 26.9. The molecule has 0 atom stereocenters. The average molecular weight is 353 g/mol. The standard InChI is InChI=1S/C20H19NO3S/c1-3-21(17-10-6-8-15-7-4-5-9-16(15)17)18(22)13-24-20(23)19-14(2)11-12-25-19/h4-12H,3,13H2,1-2H3. The summed E-state index contributed by atoms with van der Waals surface area (Å²) in [5.41, 5.74) is 1.69. The van der Waals surface area contributed by atoms with E-state index < -0.39 is 5.97 Å². The van der Waals surface area contributed by atoms with Crippen LogP contribution in [0, 0.1) is 6.92 Å². The van der Waals surface area contributed by atoms with E-state index in [1.165, 1.54) is 11.3 Å². The fourth-order valence-corrected chi connectivity index (χ4v) is 3.59. The lowest BCUT2D eigenvalue weighted by atomic mass is 10.1. The Morgan fingerprint density at radius 3 is 2.56 bits per heavy atom. The molecule has 2 aromatic carbocycles. The average Bonchev–Trinajstić information content (AvgIpc) is 3.06. The van der Waals surface area contributed by atoms with Crippen molar-refractivity contribution in [3.8, 4) is 0 Å². The van der Waals surface area contributed by atoms with Crippen LogP contribution in [-0.2, 0) is 9.53 Å². The van der Waals surface area contributed by atoms with Crippen LogP contribution >= 0.6 is 11.3 Å². The quantitative estimate of drug-likeness (QED) is 0.638. The minimum Gasteiger partial charge on any atom is -0.451 e. The van der Waals surface area contributed by atoms with Gasteiger partial charge in [-0.15, -0.1) is 11.3 Å². The van der Waals surface area contributed by atoms with Crippen molar-refractivity contribution in [2.75, 3.05) is 18.1 Å². The van der Waals surface area contributed by atoms with Crippen LogP contribution in [-0.4, -0.2) is 25.0 Å². The maximum atomic E-state index is 12.6. The smallest absolute Gasteiger partial charge is 0.349 e. The lowest BCUT2D eigenvalue weighted by molar-refractivity contribution is -0.121. The highest BCUT2D eigenvalue weighted by Gasteiger charge is 2.19. The Labute approximate surface area is 150 Å². The number of rotatable bonds is 5. The second-order valence-electron chi connectivity index (χ2n) is 5.65. The third kappa shape index (κ3) is 3.56. The fourth-order valence-electron chi connectivity index (χ4n) is 2.78. The van der Waals surface area contributed by atoms with E-state index in [2.05, 4.69) is 0 Å². The van der Waals surface area contributed by atoms with E-state index in [-0.39, 0.29) is 12.5 Å². The van der Waals surface area contributed by atoms with Gasteiger partial charge >= 0.3 is 5.97 Å². The van der Waals surface area contributed by atoms with Crippen molar-refractivity contribution in [3.63, 3.8) is 0 Å². The van der Waals surface area contributed by atoms with Crippen LogP contribution in [0.5, 0.6) is 0 Å². The number of thiophene rings is 1. The van der Waals surface area contributed by atoms with Gasteiger partial charge in [0.2, 0.25) is 0 Å². The number of amides is 1. The van der Waals surface area contributed by atoms with Gasteiger partial charge in [-0.3, -0.25) is 4.79 Å². The molecule has 3 aromatic rings. The summed E-state index contributed by atoms with van der Waals surface area (Å²) in [6, 6.07) is 15.6. The van der Waals surface area contributed by atoms with Crippen LogP contribution in [0.2, 0.25) is 0 Å². The largest absolute Gasteiger partial charge is 0.451 e. The summed E-state index contributed by atoms with van der Waals surface area (Å²) >= 11 is 1.32. The Morgan fingerprint density at radius 2 is 1.84 bits per heavy atom. The number of nitrogens with zero attached hydrogens (tertiary/aromatic N) is 1. The summed E-state index contributed by atoms with van der Waals surface area (Å²) in [6.07, 6.45) is 0. The Balaban J connectivity index is 1.77. The number of benzene rings is 2. The van der Waals surface area contributed by atoms with E-state index in [1.54, 1.807) is 4.90 Å². The molecule has 0 N–H and O–H groups in total. The van der Waals surface area contributed by atoms with Crippen LogP contribution in [0.15, 0.2) is 53.9 Å². The predicted octanol–water partition coefficient (Wildman–Crippen LogP) is 4.42. The highest BCUT2D eigenvalue weighted by molar-refractivity contribution is 7.12. The number of fused-ring (bicyclic) bond motifs is 1. The molecular formula is C20H19NO3S. The lowest BCUT2D eigenvalue weighted by Gasteiger charge is -2.22. The van der Waals surface area contributed by atoms with E-state index >= 15 is 0 Å². The first kappa shape index (κ1) is 17.2. The second-order valence-corrected chi connectivity index (χ2v) is 6.56. The molecule has 0 spiro atoms. The summed E-state index contributed by atoms with van der Waals surface area (Å²) < 4.78 is 5.23. The van der Waals surface area contributed by atoms with Gasteiger partial charge in [-0.2, -0.15) is 0 Å². The van der Waals surface area contributed by atoms with Crippen molar-refractivity contribution in [1.29, 1.82) is 0 Å². The monoisotopic (exact) mass is 353 g/mol. The number of carbonyl (C=O) groups is 2. The minimum atomic E-state index is -0.449. The van der Waals surface area contributed by atoms with Crippen molar-refractivity contribution >= 4 is 39.7 Å². The summed E-state index contributed by atoms with van der Waals surface area (Å²) in [7, 11) is 0. The molecular weight excluding hydrogens is 334 g/mol. The van der Waals surface area contributed by atoms with Crippen LogP contribution < -0.4 is 4.90 Å². The maximum Gasteiger partial charge on any atom is 0.349 e. The first-order chi connectivity index (χ1) is 12.1. The molecule has 4 nitrogen and oxygen atoms in total. The first-order valence-corrected chi connectivity index (χ1v) is 8.99. The normalized spacial score (nSPS) is 10.6. The third-order valence-corrected chi connectivity index (χ3v) is 5.05. The Morgan fingerprint density at radius 1 is 1.08 bits per heavy atom. The molecule has 0 bridgehead atoms. The van der Waals surface area contributed by atoms with Crippen LogP contribution in [0.25, 0.3) is 10.8 Å². The highest BCUT2D eigenvalue weighted by Crippen LogP contribution is 2.27.